The molecule has 1 aliphatic rings. The van der Waals surface area contributed by atoms with Crippen LogP contribution in [0.1, 0.15) is 16.8 Å². The second-order valence-electron chi connectivity index (χ2n) is 3.55. The summed E-state index contributed by atoms with van der Waals surface area (Å²) in [7, 11) is 0. The van der Waals surface area contributed by atoms with Crippen molar-refractivity contribution in [2.45, 2.75) is 12.5 Å². The van der Waals surface area contributed by atoms with Crippen LogP contribution in [0, 0.1) is 0 Å². The molecule has 0 N–H and O–H groups in total. The van der Waals surface area contributed by atoms with E-state index < -0.39 is 12.1 Å². The zero-order valence-corrected chi connectivity index (χ0v) is 11.8. The lowest BCUT2D eigenvalue weighted by Gasteiger charge is -2.09. The Morgan fingerprint density at radius 1 is 1.24 bits per heavy atom. The average molecular weight is 360 g/mol. The molecule has 0 aliphatic carbocycles. The number of carbonyl (C=O) groups excluding carboxylic acids is 2. The highest BCUT2D eigenvalue weighted by Gasteiger charge is 2.32. The zero-order valence-electron chi connectivity index (χ0n) is 8.65. The second kappa shape index (κ2) is 5.14. The Labute approximate surface area is 115 Å². The number of ketones is 1. The molecule has 1 heterocycles. The lowest BCUT2D eigenvalue weighted by molar-refractivity contribution is -0.138. The van der Waals surface area contributed by atoms with Crippen LogP contribution < -0.4 is 0 Å². The number of halogens is 2. The molecule has 1 aliphatic heterocycles. The maximum Gasteiger partial charge on any atom is 0.346 e. The van der Waals surface area contributed by atoms with E-state index in [1.165, 1.54) is 0 Å². The molecule has 1 atom stereocenters. The van der Waals surface area contributed by atoms with Gasteiger partial charge in [0.2, 0.25) is 0 Å². The van der Waals surface area contributed by atoms with E-state index in [0.29, 0.717) is 14.5 Å². The standard InChI is InChI=1S/C12H8Br2O3/c13-10-9(17-12(16)11(10)14)6-8(15)7-4-2-1-3-5-7/h1-5,9H,6H2/t9-/m1/s1. The van der Waals surface area contributed by atoms with Crippen LogP contribution >= 0.6 is 31.9 Å². The van der Waals surface area contributed by atoms with E-state index in [-0.39, 0.29) is 12.2 Å². The van der Waals surface area contributed by atoms with Gasteiger partial charge in [-0.05, 0) is 15.9 Å². The van der Waals surface area contributed by atoms with Gasteiger partial charge in [0.1, 0.15) is 10.6 Å². The SMILES string of the molecule is O=C1O[C@H](CC(=O)c2ccccc2)C(Br)=C1Br. The Balaban J connectivity index is 2.09. The molecule has 1 aromatic carbocycles. The summed E-state index contributed by atoms with van der Waals surface area (Å²) in [6, 6.07) is 8.93. The molecule has 0 unspecified atom stereocenters. The van der Waals surface area contributed by atoms with Crippen molar-refractivity contribution in [2.75, 3.05) is 0 Å². The molecule has 0 radical (unpaired) electrons. The maximum atomic E-state index is 11.9. The normalized spacial score (nSPS) is 19.4. The second-order valence-corrected chi connectivity index (χ2v) is 5.20. The molecular formula is C12H8Br2O3. The van der Waals surface area contributed by atoms with Crippen molar-refractivity contribution in [3.8, 4) is 0 Å². The van der Waals surface area contributed by atoms with Gasteiger partial charge in [-0.2, -0.15) is 0 Å². The summed E-state index contributed by atoms with van der Waals surface area (Å²) >= 11 is 6.35. The number of hydrogen-bond acceptors (Lipinski definition) is 3. The molecule has 0 saturated heterocycles. The van der Waals surface area contributed by atoms with Gasteiger partial charge < -0.3 is 4.74 Å². The number of esters is 1. The summed E-state index contributed by atoms with van der Waals surface area (Å²) in [5, 5.41) is 0. The minimum atomic E-state index is -0.524. The summed E-state index contributed by atoms with van der Waals surface area (Å²) in [6.07, 6.45) is -0.379. The first-order valence-corrected chi connectivity index (χ1v) is 6.52. The van der Waals surface area contributed by atoms with E-state index in [1.54, 1.807) is 24.3 Å². The van der Waals surface area contributed by atoms with Crippen molar-refractivity contribution < 1.29 is 14.3 Å². The van der Waals surface area contributed by atoms with Gasteiger partial charge in [-0.3, -0.25) is 4.79 Å². The van der Waals surface area contributed by atoms with Gasteiger partial charge in [0.25, 0.3) is 0 Å². The Morgan fingerprint density at radius 3 is 2.41 bits per heavy atom. The molecule has 0 amide bonds. The van der Waals surface area contributed by atoms with Crippen LogP contribution in [0.15, 0.2) is 39.3 Å². The Morgan fingerprint density at radius 2 is 1.88 bits per heavy atom. The van der Waals surface area contributed by atoms with Crippen LogP contribution in [0.4, 0.5) is 0 Å². The van der Waals surface area contributed by atoms with Crippen LogP contribution in [0.3, 0.4) is 0 Å². The number of hydrogen-bond donors (Lipinski definition) is 0. The Hall–Kier alpha value is -0.940. The fraction of sp³-hybridized carbons (Fsp3) is 0.167. The summed E-state index contributed by atoms with van der Waals surface area (Å²) in [5.74, 6) is -0.495. The topological polar surface area (TPSA) is 43.4 Å². The molecule has 1 aromatic rings. The van der Waals surface area contributed by atoms with E-state index in [2.05, 4.69) is 31.9 Å². The van der Waals surface area contributed by atoms with E-state index in [0.717, 1.165) is 0 Å². The van der Waals surface area contributed by atoms with Gasteiger partial charge in [0, 0.05) is 5.56 Å². The van der Waals surface area contributed by atoms with Crippen molar-refractivity contribution in [3.63, 3.8) is 0 Å². The summed E-state index contributed by atoms with van der Waals surface area (Å²) < 4.78 is 5.99. The molecule has 5 heteroatoms. The molecule has 0 bridgehead atoms. The Kier molecular flexibility index (Phi) is 3.79. The first-order chi connectivity index (χ1) is 8.09. The molecule has 0 aromatic heterocycles. The number of carbonyl (C=O) groups is 2. The maximum absolute atomic E-state index is 11.9. The van der Waals surface area contributed by atoms with Crippen molar-refractivity contribution in [1.82, 2.24) is 0 Å². The number of cyclic esters (lactones) is 1. The molecule has 0 spiro atoms. The van der Waals surface area contributed by atoms with Crippen molar-refractivity contribution in [3.05, 3.63) is 44.9 Å². The predicted octanol–water partition coefficient (Wildman–Crippen LogP) is 3.19. The summed E-state index contributed by atoms with van der Waals surface area (Å²) in [4.78, 5) is 23.2. The molecule has 0 fully saturated rings. The molecular weight excluding hydrogens is 352 g/mol. The summed E-state index contributed by atoms with van der Waals surface area (Å²) in [5.41, 5.74) is 0.617. The van der Waals surface area contributed by atoms with Gasteiger partial charge >= 0.3 is 5.97 Å². The predicted molar refractivity (Wildman–Crippen MR) is 70.1 cm³/mol. The van der Waals surface area contributed by atoms with Gasteiger partial charge in [-0.15, -0.1) is 0 Å². The minimum absolute atomic E-state index is 0.0532. The van der Waals surface area contributed by atoms with E-state index in [1.807, 2.05) is 6.07 Å². The third-order valence-electron chi connectivity index (χ3n) is 2.39. The monoisotopic (exact) mass is 358 g/mol. The largest absolute Gasteiger partial charge is 0.452 e. The fourth-order valence-electron chi connectivity index (χ4n) is 1.51. The molecule has 3 nitrogen and oxygen atoms in total. The molecule has 88 valence electrons. The first-order valence-electron chi connectivity index (χ1n) is 4.94. The third-order valence-corrected chi connectivity index (χ3v) is 4.58. The van der Waals surface area contributed by atoms with Crippen LogP contribution in [0.25, 0.3) is 0 Å². The number of Topliss-reactive ketones (excluding diaryl/α,β-unsaturated/α-hetero) is 1. The molecule has 0 saturated carbocycles. The van der Waals surface area contributed by atoms with Crippen LogP contribution in [0.2, 0.25) is 0 Å². The quantitative estimate of drug-likeness (QED) is 0.615. The lowest BCUT2D eigenvalue weighted by atomic mass is 10.1. The number of rotatable bonds is 3. The molecule has 2 rings (SSSR count). The Bertz CT molecular complexity index is 494. The van der Waals surface area contributed by atoms with Crippen LogP contribution in [-0.2, 0) is 9.53 Å². The van der Waals surface area contributed by atoms with E-state index in [9.17, 15) is 9.59 Å². The fourth-order valence-corrected chi connectivity index (χ4v) is 2.28. The van der Waals surface area contributed by atoms with Gasteiger partial charge in [0.05, 0.1) is 10.9 Å². The first kappa shape index (κ1) is 12.5. The van der Waals surface area contributed by atoms with Gasteiger partial charge in [-0.25, -0.2) is 4.79 Å². The van der Waals surface area contributed by atoms with E-state index in [4.69, 9.17) is 4.74 Å². The summed E-state index contributed by atoms with van der Waals surface area (Å²) in [6.45, 7) is 0. The van der Waals surface area contributed by atoms with Gasteiger partial charge in [0.15, 0.2) is 5.78 Å². The third kappa shape index (κ3) is 2.66. The van der Waals surface area contributed by atoms with Crippen molar-refractivity contribution in [2.24, 2.45) is 0 Å². The smallest absolute Gasteiger partial charge is 0.346 e. The minimum Gasteiger partial charge on any atom is -0.452 e. The number of ether oxygens (including phenoxy) is 1. The van der Waals surface area contributed by atoms with Crippen molar-refractivity contribution in [1.29, 1.82) is 0 Å². The van der Waals surface area contributed by atoms with Crippen LogP contribution in [-0.4, -0.2) is 17.9 Å². The van der Waals surface area contributed by atoms with Gasteiger partial charge in [-0.1, -0.05) is 46.3 Å². The van der Waals surface area contributed by atoms with Crippen LogP contribution in [0.5, 0.6) is 0 Å². The lowest BCUT2D eigenvalue weighted by Crippen LogP contribution is -2.15. The highest BCUT2D eigenvalue weighted by molar-refractivity contribution is 9.14. The van der Waals surface area contributed by atoms with E-state index >= 15 is 0 Å². The van der Waals surface area contributed by atoms with Crippen molar-refractivity contribution >= 4 is 43.6 Å². The highest BCUT2D eigenvalue weighted by Crippen LogP contribution is 2.33. The highest BCUT2D eigenvalue weighted by atomic mass is 79.9. The zero-order chi connectivity index (χ0) is 12.4. The number of benzene rings is 1. The molecule has 17 heavy (non-hydrogen) atoms. The average Bonchev–Trinajstić information content (AvgIpc) is 2.58.